The van der Waals surface area contributed by atoms with Crippen LogP contribution in [0.5, 0.6) is 0 Å². The Bertz CT molecular complexity index is 594. The van der Waals surface area contributed by atoms with Gasteiger partial charge < -0.3 is 5.32 Å². The molecule has 1 heterocycles. The van der Waals surface area contributed by atoms with Crippen LogP contribution in [0.2, 0.25) is 5.15 Å². The highest BCUT2D eigenvalue weighted by Gasteiger charge is 2.07. The van der Waals surface area contributed by atoms with Crippen molar-refractivity contribution in [1.29, 1.82) is 0 Å². The second-order valence-electron chi connectivity index (χ2n) is 4.46. The fraction of sp³-hybridized carbons (Fsp3) is 0.286. The summed E-state index contributed by atoms with van der Waals surface area (Å²) >= 11 is 6.05. The average Bonchev–Trinajstić information content (AvgIpc) is 2.30. The maximum absolute atomic E-state index is 6.05. The van der Waals surface area contributed by atoms with E-state index in [-0.39, 0.29) is 0 Å². The third-order valence-corrected chi connectivity index (χ3v) is 3.34. The fourth-order valence-electron chi connectivity index (χ4n) is 1.67. The lowest BCUT2D eigenvalue weighted by molar-refractivity contribution is 1.04. The Morgan fingerprint density at radius 2 is 1.72 bits per heavy atom. The molecule has 0 amide bonds. The van der Waals surface area contributed by atoms with Gasteiger partial charge in [0.05, 0.1) is 0 Å². The highest BCUT2D eigenvalue weighted by atomic mass is 35.5. The van der Waals surface area contributed by atoms with Crippen LogP contribution in [-0.2, 0) is 0 Å². The standard InChI is InChI=1S/C14H16ClN3/c1-8-5-6-12(7-9(8)2)18-14-10(3)13(15)16-11(4)17-14/h5-7H,1-4H3,(H,16,17,18). The molecule has 3 nitrogen and oxygen atoms in total. The number of aromatic nitrogens is 2. The molecule has 0 saturated heterocycles. The summed E-state index contributed by atoms with van der Waals surface area (Å²) in [6.45, 7) is 7.92. The number of nitrogens with one attached hydrogen (secondary N) is 1. The fourth-order valence-corrected chi connectivity index (χ4v) is 1.88. The smallest absolute Gasteiger partial charge is 0.138 e. The summed E-state index contributed by atoms with van der Waals surface area (Å²) in [4.78, 5) is 8.50. The molecule has 4 heteroatoms. The lowest BCUT2D eigenvalue weighted by Gasteiger charge is -2.11. The molecule has 1 N–H and O–H groups in total. The van der Waals surface area contributed by atoms with Crippen LogP contribution in [0.25, 0.3) is 0 Å². The number of aryl methyl sites for hydroxylation is 3. The van der Waals surface area contributed by atoms with E-state index < -0.39 is 0 Å². The van der Waals surface area contributed by atoms with E-state index in [2.05, 4.69) is 41.3 Å². The molecular weight excluding hydrogens is 246 g/mol. The number of halogens is 1. The lowest BCUT2D eigenvalue weighted by Crippen LogP contribution is -2.01. The zero-order valence-electron chi connectivity index (χ0n) is 11.0. The zero-order valence-corrected chi connectivity index (χ0v) is 11.8. The normalized spacial score (nSPS) is 10.5. The molecule has 2 aromatic rings. The molecule has 18 heavy (non-hydrogen) atoms. The summed E-state index contributed by atoms with van der Waals surface area (Å²) in [6.07, 6.45) is 0. The molecule has 1 aromatic heterocycles. The third kappa shape index (κ3) is 2.62. The molecule has 0 fully saturated rings. The highest BCUT2D eigenvalue weighted by molar-refractivity contribution is 6.30. The Balaban J connectivity index is 2.36. The largest absolute Gasteiger partial charge is 0.340 e. The predicted molar refractivity (Wildman–Crippen MR) is 75.7 cm³/mol. The first-order valence-electron chi connectivity index (χ1n) is 5.82. The molecule has 0 bridgehead atoms. The quantitative estimate of drug-likeness (QED) is 0.827. The molecule has 0 aliphatic carbocycles. The van der Waals surface area contributed by atoms with Gasteiger partial charge in [-0.2, -0.15) is 0 Å². The average molecular weight is 262 g/mol. The van der Waals surface area contributed by atoms with Gasteiger partial charge in [-0.1, -0.05) is 17.7 Å². The minimum Gasteiger partial charge on any atom is -0.340 e. The molecule has 0 saturated carbocycles. The Hall–Kier alpha value is -1.61. The SMILES string of the molecule is Cc1nc(Cl)c(C)c(Nc2ccc(C)c(C)c2)n1. The molecule has 0 unspecified atom stereocenters. The van der Waals surface area contributed by atoms with Gasteiger partial charge in [0.15, 0.2) is 0 Å². The number of nitrogens with zero attached hydrogens (tertiary/aromatic N) is 2. The summed E-state index contributed by atoms with van der Waals surface area (Å²) in [7, 11) is 0. The Morgan fingerprint density at radius 1 is 1.00 bits per heavy atom. The summed E-state index contributed by atoms with van der Waals surface area (Å²) in [5, 5.41) is 3.78. The first-order chi connectivity index (χ1) is 8.47. The second kappa shape index (κ2) is 4.94. The zero-order chi connectivity index (χ0) is 13.3. The van der Waals surface area contributed by atoms with Crippen molar-refractivity contribution in [3.63, 3.8) is 0 Å². The predicted octanol–water partition coefficient (Wildman–Crippen LogP) is 4.11. The van der Waals surface area contributed by atoms with Crippen LogP contribution in [0.1, 0.15) is 22.5 Å². The Morgan fingerprint density at radius 3 is 2.39 bits per heavy atom. The first-order valence-corrected chi connectivity index (χ1v) is 6.20. The van der Waals surface area contributed by atoms with E-state index in [1.807, 2.05) is 19.9 Å². The van der Waals surface area contributed by atoms with Crippen molar-refractivity contribution in [3.8, 4) is 0 Å². The molecular formula is C14H16ClN3. The third-order valence-electron chi connectivity index (χ3n) is 2.97. The highest BCUT2D eigenvalue weighted by Crippen LogP contribution is 2.24. The Kier molecular flexibility index (Phi) is 3.53. The number of hydrogen-bond acceptors (Lipinski definition) is 3. The van der Waals surface area contributed by atoms with Gasteiger partial charge in [0.25, 0.3) is 0 Å². The van der Waals surface area contributed by atoms with Crippen molar-refractivity contribution in [2.45, 2.75) is 27.7 Å². The number of rotatable bonds is 2. The van der Waals surface area contributed by atoms with Crippen LogP contribution in [0.4, 0.5) is 11.5 Å². The summed E-state index contributed by atoms with van der Waals surface area (Å²) < 4.78 is 0. The van der Waals surface area contributed by atoms with Gasteiger partial charge in [-0.25, -0.2) is 9.97 Å². The van der Waals surface area contributed by atoms with Gasteiger partial charge in [-0.05, 0) is 51.0 Å². The summed E-state index contributed by atoms with van der Waals surface area (Å²) in [5.74, 6) is 1.42. The maximum atomic E-state index is 6.05. The minimum absolute atomic E-state index is 0.494. The van der Waals surface area contributed by atoms with Gasteiger partial charge in [0.2, 0.25) is 0 Å². The van der Waals surface area contributed by atoms with E-state index in [9.17, 15) is 0 Å². The van der Waals surface area contributed by atoms with Gasteiger partial charge in [0.1, 0.15) is 16.8 Å². The van der Waals surface area contributed by atoms with Crippen LogP contribution < -0.4 is 5.32 Å². The molecule has 94 valence electrons. The van der Waals surface area contributed by atoms with E-state index in [1.54, 1.807) is 0 Å². The van der Waals surface area contributed by atoms with Crippen LogP contribution in [0.15, 0.2) is 18.2 Å². The summed E-state index contributed by atoms with van der Waals surface area (Å²) in [6, 6.07) is 6.22. The molecule has 1 aromatic carbocycles. The van der Waals surface area contributed by atoms with Crippen LogP contribution >= 0.6 is 11.6 Å². The van der Waals surface area contributed by atoms with Crippen molar-refractivity contribution in [3.05, 3.63) is 45.9 Å². The van der Waals surface area contributed by atoms with Crippen molar-refractivity contribution in [1.82, 2.24) is 9.97 Å². The summed E-state index contributed by atoms with van der Waals surface area (Å²) in [5.41, 5.74) is 4.39. The molecule has 0 aliphatic rings. The van der Waals surface area contributed by atoms with Gasteiger partial charge in [-0.3, -0.25) is 0 Å². The van der Waals surface area contributed by atoms with Gasteiger partial charge >= 0.3 is 0 Å². The van der Waals surface area contributed by atoms with E-state index in [1.165, 1.54) is 11.1 Å². The maximum Gasteiger partial charge on any atom is 0.138 e. The molecule has 0 radical (unpaired) electrons. The van der Waals surface area contributed by atoms with Crippen molar-refractivity contribution >= 4 is 23.1 Å². The monoisotopic (exact) mass is 261 g/mol. The minimum atomic E-state index is 0.494. The Labute approximate surface area is 112 Å². The topological polar surface area (TPSA) is 37.8 Å². The van der Waals surface area contributed by atoms with E-state index in [0.717, 1.165) is 17.1 Å². The van der Waals surface area contributed by atoms with Gasteiger partial charge in [0, 0.05) is 11.3 Å². The van der Waals surface area contributed by atoms with Crippen LogP contribution in [-0.4, -0.2) is 9.97 Å². The van der Waals surface area contributed by atoms with Crippen molar-refractivity contribution < 1.29 is 0 Å². The molecule has 0 spiro atoms. The van der Waals surface area contributed by atoms with Crippen LogP contribution in [0, 0.1) is 27.7 Å². The van der Waals surface area contributed by atoms with E-state index in [4.69, 9.17) is 11.6 Å². The molecule has 0 aliphatic heterocycles. The number of hydrogen-bond donors (Lipinski definition) is 1. The lowest BCUT2D eigenvalue weighted by atomic mass is 10.1. The molecule has 2 rings (SSSR count). The number of anilines is 2. The van der Waals surface area contributed by atoms with Crippen molar-refractivity contribution in [2.75, 3.05) is 5.32 Å². The molecule has 0 atom stereocenters. The number of benzene rings is 1. The second-order valence-corrected chi connectivity index (χ2v) is 4.82. The van der Waals surface area contributed by atoms with Gasteiger partial charge in [-0.15, -0.1) is 0 Å². The van der Waals surface area contributed by atoms with E-state index >= 15 is 0 Å². The first kappa shape index (κ1) is 12.8. The van der Waals surface area contributed by atoms with Crippen LogP contribution in [0.3, 0.4) is 0 Å². The van der Waals surface area contributed by atoms with Crippen molar-refractivity contribution in [2.24, 2.45) is 0 Å². The van der Waals surface area contributed by atoms with E-state index in [0.29, 0.717) is 11.0 Å².